The van der Waals surface area contributed by atoms with Crippen LogP contribution >= 0.6 is 0 Å². The number of nitrogens with one attached hydrogen (secondary N) is 3. The molecule has 11 heteroatoms. The van der Waals surface area contributed by atoms with E-state index in [1.807, 2.05) is 0 Å². The van der Waals surface area contributed by atoms with Gasteiger partial charge in [-0.2, -0.15) is 18.3 Å². The van der Waals surface area contributed by atoms with Crippen molar-refractivity contribution >= 4 is 39.0 Å². The lowest BCUT2D eigenvalue weighted by atomic mass is 9.84. The predicted octanol–water partition coefficient (Wildman–Crippen LogP) is 4.47. The molecule has 202 valence electrons. The first-order valence-electron chi connectivity index (χ1n) is 13.0. The van der Waals surface area contributed by atoms with Crippen molar-refractivity contribution in [2.45, 2.75) is 69.6 Å². The number of carbonyl (C=O) groups is 1. The number of H-pyrrole nitrogens is 1. The second-order valence-electron chi connectivity index (χ2n) is 10.5. The van der Waals surface area contributed by atoms with Crippen molar-refractivity contribution in [2.24, 2.45) is 5.73 Å². The molecule has 5 N–H and O–H groups in total. The van der Waals surface area contributed by atoms with Crippen molar-refractivity contribution in [3.05, 3.63) is 40.8 Å². The molecule has 3 aromatic rings. The number of halogens is 3. The van der Waals surface area contributed by atoms with E-state index < -0.39 is 17.5 Å². The Labute approximate surface area is 218 Å². The minimum Gasteiger partial charge on any atom is -0.404 e. The molecule has 2 aliphatic carbocycles. The van der Waals surface area contributed by atoms with Gasteiger partial charge in [-0.1, -0.05) is 0 Å². The third-order valence-corrected chi connectivity index (χ3v) is 7.95. The summed E-state index contributed by atoms with van der Waals surface area (Å²) in [6.07, 6.45) is 2.53. The van der Waals surface area contributed by atoms with Crippen LogP contribution in [0.3, 0.4) is 0 Å². The van der Waals surface area contributed by atoms with Crippen LogP contribution in [0, 0.1) is 5.41 Å². The number of alkyl halides is 3. The molecule has 0 unspecified atom stereocenters. The molecule has 0 bridgehead atoms. The highest BCUT2D eigenvalue weighted by Gasteiger charge is 2.39. The maximum Gasteiger partial charge on any atom is 0.433 e. The van der Waals surface area contributed by atoms with Crippen molar-refractivity contribution in [1.82, 2.24) is 25.4 Å². The van der Waals surface area contributed by atoms with Gasteiger partial charge >= 0.3 is 6.18 Å². The van der Waals surface area contributed by atoms with Gasteiger partial charge in [-0.15, -0.1) is 0 Å². The van der Waals surface area contributed by atoms with Crippen molar-refractivity contribution in [3.8, 4) is 0 Å². The normalized spacial score (nSPS) is 20.6. The van der Waals surface area contributed by atoms with Crippen LogP contribution in [-0.2, 0) is 12.8 Å². The maximum absolute atomic E-state index is 13.5. The Morgan fingerprint density at radius 1 is 1.11 bits per heavy atom. The molecule has 2 heterocycles. The first-order valence-corrected chi connectivity index (χ1v) is 13.0. The molecule has 0 saturated heterocycles. The number of allylic oxidation sites excluding steroid dienone is 1. The fourth-order valence-electron chi connectivity index (χ4n) is 5.94. The monoisotopic (exact) mass is 527 g/mol. The van der Waals surface area contributed by atoms with Crippen molar-refractivity contribution in [2.75, 3.05) is 14.1 Å². The van der Waals surface area contributed by atoms with E-state index in [2.05, 4.69) is 39.5 Å². The van der Waals surface area contributed by atoms with Gasteiger partial charge in [0.1, 0.15) is 5.71 Å². The standard InChI is InChI=1S/C27H32F3N7O/c1-37(2)15-9-7-14(8-10-15)33-26(38)24-22-20(35-36-24)12-11-19-21(22)16-5-3-4-6-17(16)23(34-19)18(13-31)25(32)27(28,29)30/h11-15,32H,3-10,31H2,1-2H3,(H,33,38)(H,35,36)/b18-13-,32-25?. The number of nitrogens with zero attached hydrogens (tertiary/aromatic N) is 3. The lowest BCUT2D eigenvalue weighted by Gasteiger charge is -2.32. The quantitative estimate of drug-likeness (QED) is 0.365. The summed E-state index contributed by atoms with van der Waals surface area (Å²) in [6, 6.07) is 4.02. The highest BCUT2D eigenvalue weighted by molar-refractivity contribution is 6.25. The Morgan fingerprint density at radius 2 is 1.79 bits per heavy atom. The summed E-state index contributed by atoms with van der Waals surface area (Å²) in [6.45, 7) is 0. The fourth-order valence-corrected chi connectivity index (χ4v) is 5.94. The fraction of sp³-hybridized carbons (Fsp3) is 0.481. The average molecular weight is 528 g/mol. The number of aromatic amines is 1. The number of aryl methyl sites for hydroxylation is 1. The van der Waals surface area contributed by atoms with Gasteiger partial charge in [-0.25, -0.2) is 4.98 Å². The number of aromatic nitrogens is 3. The number of hydrogen-bond donors (Lipinski definition) is 4. The minimum atomic E-state index is -4.85. The second kappa shape index (κ2) is 10.0. The lowest BCUT2D eigenvalue weighted by Crippen LogP contribution is -2.42. The summed E-state index contributed by atoms with van der Waals surface area (Å²) in [5.74, 6) is -0.271. The molecule has 2 aromatic heterocycles. The Morgan fingerprint density at radius 3 is 2.42 bits per heavy atom. The Hall–Kier alpha value is -3.47. The Bertz CT molecular complexity index is 1430. The molecule has 1 saturated carbocycles. The van der Waals surface area contributed by atoms with Gasteiger partial charge in [-0.3, -0.25) is 15.3 Å². The van der Waals surface area contributed by atoms with E-state index in [9.17, 15) is 18.0 Å². The van der Waals surface area contributed by atoms with Crippen molar-refractivity contribution < 1.29 is 18.0 Å². The van der Waals surface area contributed by atoms with Gasteiger partial charge in [0.05, 0.1) is 16.7 Å². The van der Waals surface area contributed by atoms with Gasteiger partial charge in [0, 0.05) is 34.6 Å². The molecule has 0 atom stereocenters. The highest BCUT2D eigenvalue weighted by Crippen LogP contribution is 2.39. The Balaban J connectivity index is 1.59. The van der Waals surface area contributed by atoms with E-state index in [0.29, 0.717) is 40.9 Å². The first-order chi connectivity index (χ1) is 18.1. The number of benzene rings is 1. The SMILES string of the molecule is CN(C)C1CCC(NC(=O)c2n[nH]c3ccc4nc(/C(=C/N)C(=N)C(F)(F)F)c5c(c4c23)CCCC5)CC1. The lowest BCUT2D eigenvalue weighted by molar-refractivity contribution is -0.0578. The van der Waals surface area contributed by atoms with E-state index >= 15 is 0 Å². The maximum atomic E-state index is 13.5. The molecule has 0 spiro atoms. The molecule has 1 fully saturated rings. The van der Waals surface area contributed by atoms with Crippen LogP contribution in [-0.4, -0.2) is 64.1 Å². The molecular weight excluding hydrogens is 495 g/mol. The summed E-state index contributed by atoms with van der Waals surface area (Å²) in [4.78, 5) is 20.3. The van der Waals surface area contributed by atoms with Crippen molar-refractivity contribution in [1.29, 1.82) is 5.41 Å². The third kappa shape index (κ3) is 4.63. The van der Waals surface area contributed by atoms with E-state index in [-0.39, 0.29) is 23.3 Å². The van der Waals surface area contributed by atoms with Crippen LogP contribution in [0.1, 0.15) is 65.8 Å². The second-order valence-corrected chi connectivity index (χ2v) is 10.5. The predicted molar refractivity (Wildman–Crippen MR) is 141 cm³/mol. The molecule has 38 heavy (non-hydrogen) atoms. The van der Waals surface area contributed by atoms with Crippen molar-refractivity contribution in [3.63, 3.8) is 0 Å². The minimum absolute atomic E-state index is 0.0599. The van der Waals surface area contributed by atoms with E-state index in [1.165, 1.54) is 0 Å². The summed E-state index contributed by atoms with van der Waals surface area (Å²) in [5.41, 5.74) is 6.62. The summed E-state index contributed by atoms with van der Waals surface area (Å²) in [7, 11) is 4.14. The molecule has 1 aromatic carbocycles. The van der Waals surface area contributed by atoms with Crippen LogP contribution in [0.15, 0.2) is 18.3 Å². The van der Waals surface area contributed by atoms with Crippen LogP contribution in [0.25, 0.3) is 27.4 Å². The molecular formula is C27H32F3N7O. The molecule has 5 rings (SSSR count). The van der Waals surface area contributed by atoms with Gasteiger partial charge in [-0.05, 0) is 88.7 Å². The largest absolute Gasteiger partial charge is 0.433 e. The molecule has 0 radical (unpaired) electrons. The highest BCUT2D eigenvalue weighted by atomic mass is 19.4. The smallest absolute Gasteiger partial charge is 0.404 e. The number of amides is 1. The number of rotatable bonds is 5. The Kier molecular flexibility index (Phi) is 6.89. The van der Waals surface area contributed by atoms with Crippen LogP contribution < -0.4 is 11.1 Å². The van der Waals surface area contributed by atoms with Crippen LogP contribution in [0.4, 0.5) is 13.2 Å². The van der Waals surface area contributed by atoms with Crippen LogP contribution in [0.5, 0.6) is 0 Å². The number of hydrogen-bond acceptors (Lipinski definition) is 6. The zero-order valence-electron chi connectivity index (χ0n) is 21.5. The number of carbonyl (C=O) groups excluding carboxylic acids is 1. The average Bonchev–Trinajstić information content (AvgIpc) is 3.33. The number of fused-ring (bicyclic) bond motifs is 5. The van der Waals surface area contributed by atoms with E-state index in [4.69, 9.17) is 11.1 Å². The molecule has 8 nitrogen and oxygen atoms in total. The molecule has 0 aliphatic heterocycles. The summed E-state index contributed by atoms with van der Waals surface area (Å²) < 4.78 is 40.4. The number of pyridine rings is 1. The van der Waals surface area contributed by atoms with Gasteiger partial charge in [0.2, 0.25) is 0 Å². The van der Waals surface area contributed by atoms with Gasteiger partial charge in [0.25, 0.3) is 5.91 Å². The third-order valence-electron chi connectivity index (χ3n) is 7.95. The van der Waals surface area contributed by atoms with Crippen LogP contribution in [0.2, 0.25) is 0 Å². The zero-order valence-corrected chi connectivity index (χ0v) is 21.5. The topological polar surface area (TPSA) is 124 Å². The van der Waals surface area contributed by atoms with E-state index in [1.54, 1.807) is 12.1 Å². The van der Waals surface area contributed by atoms with Gasteiger partial charge in [0.15, 0.2) is 5.69 Å². The van der Waals surface area contributed by atoms with Gasteiger partial charge < -0.3 is 16.0 Å². The molecule has 1 amide bonds. The van der Waals surface area contributed by atoms with E-state index in [0.717, 1.165) is 55.7 Å². The zero-order chi connectivity index (χ0) is 27.2. The summed E-state index contributed by atoms with van der Waals surface area (Å²) >= 11 is 0. The first kappa shape index (κ1) is 26.1. The molecule has 2 aliphatic rings. The number of nitrogens with two attached hydrogens (primary N) is 1. The summed E-state index contributed by atoms with van der Waals surface area (Å²) in [5, 5.41) is 19.5.